The molecule has 1 aromatic heterocycles. The van der Waals surface area contributed by atoms with Crippen LogP contribution in [0.2, 0.25) is 0 Å². The molecule has 1 heterocycles. The Morgan fingerprint density at radius 3 is 2.74 bits per heavy atom. The predicted molar refractivity (Wildman–Crippen MR) is 109 cm³/mol. The van der Waals surface area contributed by atoms with E-state index in [1.165, 1.54) is 11.3 Å². The molecular formula is C20H19BrN2O3S. The van der Waals surface area contributed by atoms with Crippen molar-refractivity contribution in [2.75, 3.05) is 7.11 Å². The number of nitrogens with one attached hydrogen (secondary N) is 1. The van der Waals surface area contributed by atoms with Gasteiger partial charge in [-0.2, -0.15) is 0 Å². The standard InChI is InChI=1S/C20H19BrN2O3S/c1-25-18-8-5-16(21)12-15(18)4-9-19(24)23-13-14-2-6-17(7-3-14)26-20-22-10-11-27-20/h2-3,5-8,10-12H,4,9,13H2,1H3,(H,23,24). The summed E-state index contributed by atoms with van der Waals surface area (Å²) in [6.45, 7) is 0.478. The Balaban J connectivity index is 1.47. The lowest BCUT2D eigenvalue weighted by Gasteiger charge is -2.10. The minimum atomic E-state index is 0.000130. The Kier molecular flexibility index (Phi) is 6.84. The highest BCUT2D eigenvalue weighted by atomic mass is 79.9. The Labute approximate surface area is 170 Å². The largest absolute Gasteiger partial charge is 0.496 e. The van der Waals surface area contributed by atoms with E-state index in [0.29, 0.717) is 24.6 Å². The van der Waals surface area contributed by atoms with Crippen LogP contribution >= 0.6 is 27.3 Å². The van der Waals surface area contributed by atoms with E-state index in [9.17, 15) is 4.79 Å². The summed E-state index contributed by atoms with van der Waals surface area (Å²) in [5, 5.41) is 5.42. The second kappa shape index (κ2) is 9.53. The number of ether oxygens (including phenoxy) is 2. The van der Waals surface area contributed by atoms with Crippen molar-refractivity contribution < 1.29 is 14.3 Å². The summed E-state index contributed by atoms with van der Waals surface area (Å²) < 4.78 is 11.9. The van der Waals surface area contributed by atoms with E-state index in [2.05, 4.69) is 26.2 Å². The molecule has 0 bridgehead atoms. The molecule has 1 amide bonds. The summed E-state index contributed by atoms with van der Waals surface area (Å²) in [5.74, 6) is 1.52. The minimum Gasteiger partial charge on any atom is -0.496 e. The molecule has 0 unspecified atom stereocenters. The van der Waals surface area contributed by atoms with Gasteiger partial charge in [-0.3, -0.25) is 4.79 Å². The summed E-state index contributed by atoms with van der Waals surface area (Å²) in [6, 6.07) is 13.4. The van der Waals surface area contributed by atoms with Crippen LogP contribution in [-0.4, -0.2) is 18.0 Å². The highest BCUT2D eigenvalue weighted by Crippen LogP contribution is 2.25. The summed E-state index contributed by atoms with van der Waals surface area (Å²) in [4.78, 5) is 16.2. The van der Waals surface area contributed by atoms with E-state index in [1.807, 2.05) is 47.8 Å². The first-order chi connectivity index (χ1) is 13.1. The Bertz CT molecular complexity index is 883. The molecule has 2 aromatic carbocycles. The van der Waals surface area contributed by atoms with Gasteiger partial charge >= 0.3 is 0 Å². The SMILES string of the molecule is COc1ccc(Br)cc1CCC(=O)NCc1ccc(Oc2nccs2)cc1. The number of rotatable bonds is 8. The molecule has 0 radical (unpaired) electrons. The summed E-state index contributed by atoms with van der Waals surface area (Å²) in [6.07, 6.45) is 2.72. The van der Waals surface area contributed by atoms with Crippen LogP contribution in [0.25, 0.3) is 0 Å². The summed E-state index contributed by atoms with van der Waals surface area (Å²) in [5.41, 5.74) is 2.01. The fraction of sp³-hybridized carbons (Fsp3) is 0.200. The number of hydrogen-bond donors (Lipinski definition) is 1. The monoisotopic (exact) mass is 446 g/mol. The number of aryl methyl sites for hydroxylation is 1. The third kappa shape index (κ3) is 5.80. The number of carbonyl (C=O) groups is 1. The quantitative estimate of drug-likeness (QED) is 0.531. The molecule has 0 fully saturated rings. The third-order valence-electron chi connectivity index (χ3n) is 3.89. The molecule has 0 saturated carbocycles. The number of aromatic nitrogens is 1. The van der Waals surface area contributed by atoms with Crippen molar-refractivity contribution in [3.8, 4) is 16.7 Å². The molecule has 1 N–H and O–H groups in total. The molecular weight excluding hydrogens is 428 g/mol. The van der Waals surface area contributed by atoms with Gasteiger partial charge in [-0.1, -0.05) is 39.4 Å². The molecule has 0 atom stereocenters. The van der Waals surface area contributed by atoms with Gasteiger partial charge < -0.3 is 14.8 Å². The van der Waals surface area contributed by atoms with E-state index in [0.717, 1.165) is 27.1 Å². The van der Waals surface area contributed by atoms with E-state index in [4.69, 9.17) is 9.47 Å². The van der Waals surface area contributed by atoms with Crippen molar-refractivity contribution in [1.82, 2.24) is 10.3 Å². The number of hydrogen-bond acceptors (Lipinski definition) is 5. The number of halogens is 1. The highest BCUT2D eigenvalue weighted by molar-refractivity contribution is 9.10. The average Bonchev–Trinajstić information content (AvgIpc) is 3.19. The van der Waals surface area contributed by atoms with E-state index >= 15 is 0 Å². The van der Waals surface area contributed by atoms with Crippen LogP contribution in [0.4, 0.5) is 0 Å². The lowest BCUT2D eigenvalue weighted by Crippen LogP contribution is -2.23. The van der Waals surface area contributed by atoms with Crippen LogP contribution in [-0.2, 0) is 17.8 Å². The maximum absolute atomic E-state index is 12.2. The molecule has 0 spiro atoms. The zero-order valence-corrected chi connectivity index (χ0v) is 17.2. The molecule has 3 aromatic rings. The molecule has 140 valence electrons. The van der Waals surface area contributed by atoms with Gasteiger partial charge in [0, 0.05) is 29.0 Å². The smallest absolute Gasteiger partial charge is 0.278 e. The maximum atomic E-state index is 12.2. The van der Waals surface area contributed by atoms with Crippen molar-refractivity contribution in [3.05, 3.63) is 69.6 Å². The normalized spacial score (nSPS) is 10.4. The fourth-order valence-electron chi connectivity index (χ4n) is 2.52. The zero-order chi connectivity index (χ0) is 19.1. The summed E-state index contributed by atoms with van der Waals surface area (Å²) >= 11 is 4.89. The van der Waals surface area contributed by atoms with E-state index < -0.39 is 0 Å². The van der Waals surface area contributed by atoms with Gasteiger partial charge in [0.2, 0.25) is 5.91 Å². The third-order valence-corrected chi connectivity index (χ3v) is 5.03. The van der Waals surface area contributed by atoms with Gasteiger partial charge in [0.1, 0.15) is 11.5 Å². The van der Waals surface area contributed by atoms with E-state index in [-0.39, 0.29) is 5.91 Å². The Morgan fingerprint density at radius 2 is 2.04 bits per heavy atom. The number of carbonyl (C=O) groups excluding carboxylic acids is 1. The van der Waals surface area contributed by atoms with E-state index in [1.54, 1.807) is 13.3 Å². The molecule has 0 aliphatic heterocycles. The van der Waals surface area contributed by atoms with Crippen molar-refractivity contribution in [1.29, 1.82) is 0 Å². The fourth-order valence-corrected chi connectivity index (χ4v) is 3.43. The topological polar surface area (TPSA) is 60.5 Å². The highest BCUT2D eigenvalue weighted by Gasteiger charge is 2.08. The minimum absolute atomic E-state index is 0.000130. The number of benzene rings is 2. The van der Waals surface area contributed by atoms with Crippen molar-refractivity contribution in [2.45, 2.75) is 19.4 Å². The second-order valence-corrected chi connectivity index (χ2v) is 7.55. The average molecular weight is 447 g/mol. The van der Waals surface area contributed by atoms with Gasteiger partial charge in [0.25, 0.3) is 5.19 Å². The molecule has 0 aliphatic carbocycles. The molecule has 0 saturated heterocycles. The van der Waals surface area contributed by atoms with Crippen molar-refractivity contribution in [3.63, 3.8) is 0 Å². The Hall–Kier alpha value is -2.38. The van der Waals surface area contributed by atoms with Gasteiger partial charge in [-0.25, -0.2) is 4.98 Å². The molecule has 7 heteroatoms. The molecule has 5 nitrogen and oxygen atoms in total. The van der Waals surface area contributed by atoms with Crippen molar-refractivity contribution >= 4 is 33.2 Å². The Morgan fingerprint density at radius 1 is 1.22 bits per heavy atom. The van der Waals surface area contributed by atoms with Crippen LogP contribution in [0.1, 0.15) is 17.5 Å². The number of methoxy groups -OCH3 is 1. The van der Waals surface area contributed by atoms with Gasteiger partial charge in [-0.15, -0.1) is 0 Å². The van der Waals surface area contributed by atoms with Crippen LogP contribution < -0.4 is 14.8 Å². The first-order valence-electron chi connectivity index (χ1n) is 8.39. The van der Waals surface area contributed by atoms with Crippen molar-refractivity contribution in [2.24, 2.45) is 0 Å². The first kappa shape index (κ1) is 19.4. The van der Waals surface area contributed by atoms with Crippen LogP contribution in [0.3, 0.4) is 0 Å². The van der Waals surface area contributed by atoms with Gasteiger partial charge in [-0.05, 0) is 47.9 Å². The van der Waals surface area contributed by atoms with Crippen LogP contribution in [0, 0.1) is 0 Å². The van der Waals surface area contributed by atoms with Crippen LogP contribution in [0.15, 0.2) is 58.5 Å². The maximum Gasteiger partial charge on any atom is 0.278 e. The lowest BCUT2D eigenvalue weighted by molar-refractivity contribution is -0.121. The van der Waals surface area contributed by atoms with Crippen LogP contribution in [0.5, 0.6) is 16.7 Å². The predicted octanol–water partition coefficient (Wildman–Crippen LogP) is 4.96. The summed E-state index contributed by atoms with van der Waals surface area (Å²) in [7, 11) is 1.63. The zero-order valence-electron chi connectivity index (χ0n) is 14.8. The number of thiazole rings is 1. The molecule has 27 heavy (non-hydrogen) atoms. The van der Waals surface area contributed by atoms with Gasteiger partial charge in [0.15, 0.2) is 0 Å². The molecule has 0 aliphatic rings. The van der Waals surface area contributed by atoms with Gasteiger partial charge in [0.05, 0.1) is 7.11 Å². The number of nitrogens with zero attached hydrogens (tertiary/aromatic N) is 1. The molecule has 3 rings (SSSR count). The lowest BCUT2D eigenvalue weighted by atomic mass is 10.1. The first-order valence-corrected chi connectivity index (χ1v) is 10.1. The second-order valence-electron chi connectivity index (χ2n) is 5.78. The number of amides is 1.